The lowest BCUT2D eigenvalue weighted by molar-refractivity contribution is -0.0797. The Balaban J connectivity index is 2.31. The van der Waals surface area contributed by atoms with E-state index in [4.69, 9.17) is 16.0 Å². The molecule has 0 aliphatic carbocycles. The highest BCUT2D eigenvalue weighted by Crippen LogP contribution is 2.42. The van der Waals surface area contributed by atoms with Crippen LogP contribution < -0.4 is 0 Å². The van der Waals surface area contributed by atoms with Crippen molar-refractivity contribution in [2.75, 3.05) is 6.67 Å². The first-order valence-corrected chi connectivity index (χ1v) is 8.32. The minimum atomic E-state index is -1.01. The van der Waals surface area contributed by atoms with E-state index in [0.717, 1.165) is 5.56 Å². The van der Waals surface area contributed by atoms with E-state index in [2.05, 4.69) is 16.8 Å². The van der Waals surface area contributed by atoms with Gasteiger partial charge in [0.2, 0.25) is 0 Å². The van der Waals surface area contributed by atoms with Crippen LogP contribution in [-0.2, 0) is 9.47 Å². The molecule has 26 heavy (non-hydrogen) atoms. The Kier molecular flexibility index (Phi) is 5.59. The topological polar surface area (TPSA) is 43.1 Å². The number of nitrogens with zero attached hydrogens (tertiary/aromatic N) is 2. The van der Waals surface area contributed by atoms with Gasteiger partial charge in [-0.15, -0.1) is 0 Å². The zero-order valence-electron chi connectivity index (χ0n) is 15.7. The summed E-state index contributed by atoms with van der Waals surface area (Å²) in [7, 11) is 0. The average Bonchev–Trinajstić information content (AvgIpc) is 2.82. The van der Waals surface area contributed by atoms with Gasteiger partial charge in [-0.1, -0.05) is 18.1 Å². The van der Waals surface area contributed by atoms with Crippen molar-refractivity contribution < 1.29 is 18.7 Å². The molecule has 1 aromatic carbocycles. The van der Waals surface area contributed by atoms with E-state index in [1.54, 1.807) is 58.9 Å². The number of halogens is 1. The van der Waals surface area contributed by atoms with Crippen molar-refractivity contribution in [3.63, 3.8) is 0 Å². The molecule has 0 radical (unpaired) electrons. The second kappa shape index (κ2) is 7.35. The summed E-state index contributed by atoms with van der Waals surface area (Å²) in [6, 6.07) is 8.56. The van der Waals surface area contributed by atoms with Crippen LogP contribution in [0, 0.1) is 18.5 Å². The number of hydrogen-bond acceptors (Lipinski definition) is 3. The van der Waals surface area contributed by atoms with Gasteiger partial charge in [-0.25, -0.2) is 9.18 Å². The Bertz CT molecular complexity index is 763. The van der Waals surface area contributed by atoms with Gasteiger partial charge >= 0.3 is 6.09 Å². The third-order valence-electron chi connectivity index (χ3n) is 3.92. The summed E-state index contributed by atoms with van der Waals surface area (Å²) in [4.78, 5) is 16.9. The van der Waals surface area contributed by atoms with E-state index in [0.29, 0.717) is 5.56 Å². The molecule has 1 aromatic rings. The van der Waals surface area contributed by atoms with Crippen molar-refractivity contribution in [3.05, 3.63) is 46.8 Å². The van der Waals surface area contributed by atoms with Gasteiger partial charge in [-0.2, -0.15) is 4.85 Å². The van der Waals surface area contributed by atoms with E-state index in [-0.39, 0.29) is 0 Å². The van der Waals surface area contributed by atoms with Crippen molar-refractivity contribution in [2.45, 2.75) is 58.1 Å². The maximum atomic E-state index is 13.9. The molecule has 1 heterocycles. The van der Waals surface area contributed by atoms with Crippen LogP contribution in [0.2, 0.25) is 0 Å². The molecule has 138 valence electrons. The van der Waals surface area contributed by atoms with Gasteiger partial charge in [-0.05, 0) is 52.3 Å². The molecule has 0 saturated carbocycles. The second-order valence-corrected chi connectivity index (χ2v) is 7.53. The fourth-order valence-corrected chi connectivity index (χ4v) is 2.94. The van der Waals surface area contributed by atoms with E-state index in [1.165, 1.54) is 4.90 Å². The van der Waals surface area contributed by atoms with Gasteiger partial charge < -0.3 is 9.47 Å². The van der Waals surface area contributed by atoms with Crippen LogP contribution in [0.25, 0.3) is 4.85 Å². The van der Waals surface area contributed by atoms with Crippen LogP contribution in [0.4, 0.5) is 9.18 Å². The predicted molar refractivity (Wildman–Crippen MR) is 95.7 cm³/mol. The lowest BCUT2D eigenvalue weighted by Crippen LogP contribution is -2.50. The van der Waals surface area contributed by atoms with Gasteiger partial charge in [0.05, 0.1) is 6.04 Å². The lowest BCUT2D eigenvalue weighted by Gasteiger charge is -2.34. The number of ether oxygens (including phenoxy) is 2. The van der Waals surface area contributed by atoms with Crippen LogP contribution in [0.3, 0.4) is 0 Å². The summed E-state index contributed by atoms with van der Waals surface area (Å²) in [5.41, 5.74) is -0.273. The van der Waals surface area contributed by atoms with Crippen molar-refractivity contribution in [1.29, 1.82) is 0 Å². The summed E-state index contributed by atoms with van der Waals surface area (Å²) < 4.78 is 25.3. The molecule has 0 aromatic heterocycles. The van der Waals surface area contributed by atoms with E-state index in [1.807, 2.05) is 0 Å². The molecule has 0 spiro atoms. The Morgan fingerprint density at radius 2 is 2.00 bits per heavy atom. The van der Waals surface area contributed by atoms with E-state index >= 15 is 0 Å². The van der Waals surface area contributed by atoms with Crippen LogP contribution in [0.5, 0.6) is 0 Å². The minimum Gasteiger partial charge on any atom is -0.444 e. The first-order valence-electron chi connectivity index (χ1n) is 8.32. The zero-order valence-corrected chi connectivity index (χ0v) is 15.7. The van der Waals surface area contributed by atoms with Crippen molar-refractivity contribution in [3.8, 4) is 12.0 Å². The predicted octanol–water partition coefficient (Wildman–Crippen LogP) is 4.30. The molecule has 0 unspecified atom stereocenters. The quantitative estimate of drug-likeness (QED) is 0.585. The van der Waals surface area contributed by atoms with Gasteiger partial charge in [-0.3, -0.25) is 4.90 Å². The Hall–Kier alpha value is -2.57. The molecular formula is C20H23FN2O3. The maximum absolute atomic E-state index is 13.9. The molecule has 0 bridgehead atoms. The third kappa shape index (κ3) is 4.33. The molecule has 2 rings (SSSR count). The smallest absolute Gasteiger partial charge is 0.413 e. The number of hydrogen-bond donors (Lipinski definition) is 0. The average molecular weight is 358 g/mol. The molecule has 1 aliphatic heterocycles. The highest BCUT2D eigenvalue weighted by atomic mass is 19.1. The van der Waals surface area contributed by atoms with Gasteiger partial charge in [0.15, 0.2) is 0 Å². The fourth-order valence-electron chi connectivity index (χ4n) is 2.94. The highest BCUT2D eigenvalue weighted by molar-refractivity contribution is 5.70. The molecule has 6 heteroatoms. The maximum Gasteiger partial charge on any atom is 0.413 e. The zero-order chi connectivity index (χ0) is 19.5. The molecule has 5 nitrogen and oxygen atoms in total. The number of carbonyl (C=O) groups excluding carboxylic acids is 1. The first kappa shape index (κ1) is 19.8. The fraction of sp³-hybridized carbons (Fsp3) is 0.500. The SMILES string of the molecule is [C-]#[N+]C#Cc1ccc([C@H]2OC(C)(C)N(C(=O)OC(C)(C)C)[C@@H]2CF)cc1. The molecule has 2 atom stereocenters. The van der Waals surface area contributed by atoms with E-state index in [9.17, 15) is 9.18 Å². The van der Waals surface area contributed by atoms with E-state index < -0.39 is 36.2 Å². The van der Waals surface area contributed by atoms with Gasteiger partial charge in [0.25, 0.3) is 0 Å². The molecule has 1 amide bonds. The monoisotopic (exact) mass is 358 g/mol. The van der Waals surface area contributed by atoms with Crippen molar-refractivity contribution >= 4 is 6.09 Å². The summed E-state index contributed by atoms with van der Waals surface area (Å²) >= 11 is 0. The normalized spacial score (nSPS) is 21.5. The van der Waals surface area contributed by atoms with Crippen LogP contribution >= 0.6 is 0 Å². The van der Waals surface area contributed by atoms with Gasteiger partial charge in [0, 0.05) is 5.56 Å². The second-order valence-electron chi connectivity index (χ2n) is 7.53. The Labute approximate surface area is 153 Å². The number of alkyl halides is 1. The summed E-state index contributed by atoms with van der Waals surface area (Å²) in [6.07, 6.45) is -1.22. The molecule has 1 fully saturated rings. The summed E-state index contributed by atoms with van der Waals surface area (Å²) in [6.45, 7) is 14.7. The highest BCUT2D eigenvalue weighted by Gasteiger charge is 2.51. The number of benzene rings is 1. The molecule has 1 saturated heterocycles. The lowest BCUT2D eigenvalue weighted by atomic mass is 10.0. The van der Waals surface area contributed by atoms with Crippen LogP contribution in [-0.4, -0.2) is 35.0 Å². The molecule has 0 N–H and O–H groups in total. The third-order valence-corrected chi connectivity index (χ3v) is 3.92. The Morgan fingerprint density at radius 1 is 1.38 bits per heavy atom. The Morgan fingerprint density at radius 3 is 2.50 bits per heavy atom. The first-order chi connectivity index (χ1) is 12.1. The van der Waals surface area contributed by atoms with Crippen molar-refractivity contribution in [1.82, 2.24) is 4.90 Å². The van der Waals surface area contributed by atoms with Crippen LogP contribution in [0.1, 0.15) is 51.8 Å². The summed E-state index contributed by atoms with van der Waals surface area (Å²) in [5, 5.41) is 0. The summed E-state index contributed by atoms with van der Waals surface area (Å²) in [5.74, 6) is 2.70. The number of amides is 1. The number of rotatable bonds is 2. The standard InChI is InChI=1S/C20H23FN2O3/c1-19(2,3)26-18(24)23-16(13-21)17(25-20(23,4)5)15-9-7-14(8-10-15)11-12-22-6/h7-10,16-17H,13H2,1-5H3/t16-,17-/m1/s1. The largest absolute Gasteiger partial charge is 0.444 e. The van der Waals surface area contributed by atoms with Crippen molar-refractivity contribution in [2.24, 2.45) is 0 Å². The van der Waals surface area contributed by atoms with Crippen LogP contribution in [0.15, 0.2) is 24.3 Å². The molecule has 1 aliphatic rings. The molecular weight excluding hydrogens is 335 g/mol. The number of carbonyl (C=O) groups is 1. The van der Waals surface area contributed by atoms with Gasteiger partial charge in [0.1, 0.15) is 36.7 Å². The minimum absolute atomic E-state index is 0.604.